The molecule has 1 aromatic carbocycles. The maximum absolute atomic E-state index is 13.5. The second-order valence-electron chi connectivity index (χ2n) is 4.29. The largest absolute Gasteiger partial charge is 0.395 e. The predicted octanol–water partition coefficient (Wildman–Crippen LogP) is 1.25. The SMILES string of the molecule is O=S(=O)(c1cc(F)c(F)cc1F)N1CCC[C@@H]1CO. The number of rotatable bonds is 3. The second-order valence-corrected chi connectivity index (χ2v) is 6.15. The summed E-state index contributed by atoms with van der Waals surface area (Å²) < 4.78 is 64.7. The van der Waals surface area contributed by atoms with Gasteiger partial charge in [-0.3, -0.25) is 0 Å². The van der Waals surface area contributed by atoms with Crippen molar-refractivity contribution in [2.45, 2.75) is 23.8 Å². The van der Waals surface area contributed by atoms with Crippen LogP contribution in [0.4, 0.5) is 13.2 Å². The van der Waals surface area contributed by atoms with E-state index in [9.17, 15) is 21.6 Å². The first-order chi connectivity index (χ1) is 8.87. The highest BCUT2D eigenvalue weighted by molar-refractivity contribution is 7.89. The quantitative estimate of drug-likeness (QED) is 0.854. The molecule has 19 heavy (non-hydrogen) atoms. The van der Waals surface area contributed by atoms with Crippen LogP contribution < -0.4 is 0 Å². The van der Waals surface area contributed by atoms with Gasteiger partial charge in [0.2, 0.25) is 10.0 Å². The number of sulfonamides is 1. The molecule has 1 fully saturated rings. The lowest BCUT2D eigenvalue weighted by Gasteiger charge is -2.22. The smallest absolute Gasteiger partial charge is 0.246 e. The maximum Gasteiger partial charge on any atom is 0.246 e. The van der Waals surface area contributed by atoms with Crippen LogP contribution in [0, 0.1) is 17.5 Å². The molecule has 0 aromatic heterocycles. The highest BCUT2D eigenvalue weighted by Crippen LogP contribution is 2.28. The molecule has 4 nitrogen and oxygen atoms in total. The van der Waals surface area contributed by atoms with E-state index >= 15 is 0 Å². The Bertz CT molecular complexity index is 591. The van der Waals surface area contributed by atoms with Crippen molar-refractivity contribution >= 4 is 10.0 Å². The van der Waals surface area contributed by atoms with Gasteiger partial charge in [0.25, 0.3) is 0 Å². The van der Waals surface area contributed by atoms with E-state index in [1.807, 2.05) is 0 Å². The van der Waals surface area contributed by atoms with Gasteiger partial charge in [0.1, 0.15) is 10.7 Å². The molecule has 0 spiro atoms. The molecule has 0 unspecified atom stereocenters. The van der Waals surface area contributed by atoms with Gasteiger partial charge >= 0.3 is 0 Å². The van der Waals surface area contributed by atoms with E-state index in [1.54, 1.807) is 0 Å². The molecule has 0 amide bonds. The van der Waals surface area contributed by atoms with Crippen molar-refractivity contribution in [1.82, 2.24) is 4.31 Å². The summed E-state index contributed by atoms with van der Waals surface area (Å²) in [6.45, 7) is -0.281. The van der Waals surface area contributed by atoms with E-state index in [0.717, 1.165) is 4.31 Å². The van der Waals surface area contributed by atoms with Gasteiger partial charge < -0.3 is 5.11 Å². The Morgan fingerprint density at radius 3 is 2.47 bits per heavy atom. The molecular weight excluding hydrogens is 283 g/mol. The lowest BCUT2D eigenvalue weighted by Crippen LogP contribution is -2.38. The van der Waals surface area contributed by atoms with Crippen molar-refractivity contribution in [2.75, 3.05) is 13.2 Å². The molecular formula is C11H12F3NO3S. The van der Waals surface area contributed by atoms with Crippen LogP contribution in [-0.4, -0.2) is 37.0 Å². The third-order valence-corrected chi connectivity index (χ3v) is 5.06. The number of aliphatic hydroxyl groups excluding tert-OH is 1. The fourth-order valence-corrected chi connectivity index (χ4v) is 3.88. The first-order valence-electron chi connectivity index (χ1n) is 5.65. The van der Waals surface area contributed by atoms with Crippen LogP contribution >= 0.6 is 0 Å². The van der Waals surface area contributed by atoms with Crippen LogP contribution in [0.2, 0.25) is 0 Å². The minimum absolute atomic E-state index is 0.117. The van der Waals surface area contributed by atoms with E-state index in [4.69, 9.17) is 5.11 Å². The van der Waals surface area contributed by atoms with E-state index in [-0.39, 0.29) is 12.6 Å². The molecule has 0 saturated carbocycles. The van der Waals surface area contributed by atoms with Crippen molar-refractivity contribution in [1.29, 1.82) is 0 Å². The van der Waals surface area contributed by atoms with Gasteiger partial charge in [0, 0.05) is 18.7 Å². The number of aliphatic hydroxyl groups is 1. The molecule has 1 saturated heterocycles. The summed E-state index contributed by atoms with van der Waals surface area (Å²) in [5.74, 6) is -4.22. The van der Waals surface area contributed by atoms with Gasteiger partial charge in [-0.1, -0.05) is 0 Å². The first kappa shape index (κ1) is 14.3. The van der Waals surface area contributed by atoms with Crippen LogP contribution in [0.3, 0.4) is 0 Å². The summed E-state index contributed by atoms with van der Waals surface area (Å²) in [5.41, 5.74) is 0. The number of halogens is 3. The molecule has 1 aliphatic heterocycles. The van der Waals surface area contributed by atoms with Crippen LogP contribution in [0.25, 0.3) is 0 Å². The minimum atomic E-state index is -4.28. The maximum atomic E-state index is 13.5. The summed E-state index contributed by atoms with van der Waals surface area (Å²) in [6, 6.07) is -0.128. The van der Waals surface area contributed by atoms with Crippen LogP contribution in [0.15, 0.2) is 17.0 Å². The molecule has 0 bridgehead atoms. The van der Waals surface area contributed by atoms with Crippen LogP contribution in [0.5, 0.6) is 0 Å². The van der Waals surface area contributed by atoms with Gasteiger partial charge in [-0.2, -0.15) is 4.31 Å². The molecule has 0 radical (unpaired) electrons. The van der Waals surface area contributed by atoms with Gasteiger partial charge in [-0.05, 0) is 18.9 Å². The van der Waals surface area contributed by atoms with Crippen LogP contribution in [-0.2, 0) is 10.0 Å². The molecule has 2 rings (SSSR count). The van der Waals surface area contributed by atoms with E-state index in [0.29, 0.717) is 18.9 Å². The van der Waals surface area contributed by atoms with Crippen molar-refractivity contribution in [2.24, 2.45) is 0 Å². The Hall–Kier alpha value is -1.12. The number of benzene rings is 1. The monoisotopic (exact) mass is 295 g/mol. The summed E-state index contributed by atoms with van der Waals surface area (Å²) in [7, 11) is -4.28. The standard InChI is InChI=1S/C11H12F3NO3S/c12-8-4-10(14)11(5-9(8)13)19(17,18)15-3-1-2-7(15)6-16/h4-5,7,16H,1-3,6H2/t7-/m1/s1. The zero-order valence-electron chi connectivity index (χ0n) is 9.81. The third kappa shape index (κ3) is 2.47. The summed E-state index contributed by atoms with van der Waals surface area (Å²) >= 11 is 0. The fourth-order valence-electron chi connectivity index (χ4n) is 2.14. The average Bonchev–Trinajstić information content (AvgIpc) is 2.82. The molecule has 0 aliphatic carbocycles. The zero-order chi connectivity index (χ0) is 14.2. The Kier molecular flexibility index (Phi) is 3.84. The third-order valence-electron chi connectivity index (χ3n) is 3.10. The molecule has 1 N–H and O–H groups in total. The lowest BCUT2D eigenvalue weighted by molar-refractivity contribution is 0.213. The van der Waals surface area contributed by atoms with Gasteiger partial charge in [0.05, 0.1) is 6.61 Å². The summed E-state index contributed by atoms with van der Waals surface area (Å²) in [5, 5.41) is 9.08. The average molecular weight is 295 g/mol. The zero-order valence-corrected chi connectivity index (χ0v) is 10.6. The normalized spacial score (nSPS) is 20.9. The van der Waals surface area contributed by atoms with Crippen LogP contribution in [0.1, 0.15) is 12.8 Å². The van der Waals surface area contributed by atoms with Gasteiger partial charge in [-0.15, -0.1) is 0 Å². The molecule has 8 heteroatoms. The molecule has 1 heterocycles. The van der Waals surface area contributed by atoms with Gasteiger partial charge in [0.15, 0.2) is 11.6 Å². The van der Waals surface area contributed by atoms with E-state index in [2.05, 4.69) is 0 Å². The summed E-state index contributed by atoms with van der Waals surface area (Å²) in [6.07, 6.45) is 0.969. The number of hydrogen-bond donors (Lipinski definition) is 1. The Labute approximate surface area is 108 Å². The second kappa shape index (κ2) is 5.10. The first-order valence-corrected chi connectivity index (χ1v) is 7.09. The Balaban J connectivity index is 2.48. The highest BCUT2D eigenvalue weighted by Gasteiger charge is 2.36. The Morgan fingerprint density at radius 2 is 1.84 bits per heavy atom. The van der Waals surface area contributed by atoms with Gasteiger partial charge in [-0.25, -0.2) is 21.6 Å². The minimum Gasteiger partial charge on any atom is -0.395 e. The van der Waals surface area contributed by atoms with Crippen molar-refractivity contribution in [3.63, 3.8) is 0 Å². The lowest BCUT2D eigenvalue weighted by atomic mass is 10.2. The molecule has 106 valence electrons. The predicted molar refractivity (Wildman–Crippen MR) is 60.3 cm³/mol. The number of nitrogens with zero attached hydrogens (tertiary/aromatic N) is 1. The molecule has 1 aliphatic rings. The summed E-state index contributed by atoms with van der Waals surface area (Å²) in [4.78, 5) is -0.910. The van der Waals surface area contributed by atoms with E-state index < -0.39 is 45.0 Å². The number of hydrogen-bond acceptors (Lipinski definition) is 3. The van der Waals surface area contributed by atoms with Crippen molar-refractivity contribution in [3.8, 4) is 0 Å². The topological polar surface area (TPSA) is 57.6 Å². The van der Waals surface area contributed by atoms with Crippen molar-refractivity contribution in [3.05, 3.63) is 29.6 Å². The molecule has 1 aromatic rings. The van der Waals surface area contributed by atoms with E-state index in [1.165, 1.54) is 0 Å². The highest BCUT2D eigenvalue weighted by atomic mass is 32.2. The fraction of sp³-hybridized carbons (Fsp3) is 0.455. The molecule has 1 atom stereocenters. The Morgan fingerprint density at radius 1 is 1.21 bits per heavy atom. The van der Waals surface area contributed by atoms with Crippen molar-refractivity contribution < 1.29 is 26.7 Å².